The van der Waals surface area contributed by atoms with Gasteiger partial charge in [-0.05, 0) is 37.3 Å². The number of furan rings is 1. The molecule has 2 atom stereocenters. The van der Waals surface area contributed by atoms with Gasteiger partial charge in [0.1, 0.15) is 30.3 Å². The number of hydrogen-bond acceptors (Lipinski definition) is 5. The van der Waals surface area contributed by atoms with Gasteiger partial charge in [-0.1, -0.05) is 11.6 Å². The van der Waals surface area contributed by atoms with E-state index in [1.54, 1.807) is 24.5 Å². The Balaban J connectivity index is 1.63. The second-order valence-electron chi connectivity index (χ2n) is 5.19. The van der Waals surface area contributed by atoms with Gasteiger partial charge in [-0.3, -0.25) is 0 Å². The first kappa shape index (κ1) is 14.8. The number of carbonyl (C=O) groups is 1. The van der Waals surface area contributed by atoms with E-state index in [0.717, 1.165) is 11.4 Å². The largest absolute Gasteiger partial charge is 0.484 e. The van der Waals surface area contributed by atoms with Crippen molar-refractivity contribution < 1.29 is 18.7 Å². The average Bonchev–Trinajstić information content (AvgIpc) is 3.08. The SMILES string of the molecule is CC1CC(Nc2ccc(OCc3ccco3)c(Cl)c2)C(=O)O1. The van der Waals surface area contributed by atoms with Crippen molar-refractivity contribution in [3.63, 3.8) is 0 Å². The molecule has 5 nitrogen and oxygen atoms in total. The van der Waals surface area contributed by atoms with Gasteiger partial charge >= 0.3 is 5.97 Å². The van der Waals surface area contributed by atoms with Crippen LogP contribution in [0.5, 0.6) is 5.75 Å². The van der Waals surface area contributed by atoms with Crippen LogP contribution in [0.3, 0.4) is 0 Å². The highest BCUT2D eigenvalue weighted by Crippen LogP contribution is 2.29. The summed E-state index contributed by atoms with van der Waals surface area (Å²) in [7, 11) is 0. The number of rotatable bonds is 5. The minimum atomic E-state index is -0.332. The van der Waals surface area contributed by atoms with E-state index in [0.29, 0.717) is 23.8 Å². The van der Waals surface area contributed by atoms with Gasteiger partial charge in [-0.2, -0.15) is 0 Å². The van der Waals surface area contributed by atoms with Crippen LogP contribution in [0.15, 0.2) is 41.0 Å². The number of ether oxygens (including phenoxy) is 2. The van der Waals surface area contributed by atoms with Gasteiger partial charge in [0.25, 0.3) is 0 Å². The molecule has 0 radical (unpaired) electrons. The molecule has 22 heavy (non-hydrogen) atoms. The lowest BCUT2D eigenvalue weighted by molar-refractivity contribution is -0.141. The Morgan fingerprint density at radius 2 is 2.27 bits per heavy atom. The van der Waals surface area contributed by atoms with Gasteiger partial charge in [0.2, 0.25) is 0 Å². The highest BCUT2D eigenvalue weighted by atomic mass is 35.5. The first-order valence-corrected chi connectivity index (χ1v) is 7.41. The Hall–Kier alpha value is -2.14. The van der Waals surface area contributed by atoms with Crippen LogP contribution in [0.4, 0.5) is 5.69 Å². The fraction of sp³-hybridized carbons (Fsp3) is 0.312. The zero-order chi connectivity index (χ0) is 15.5. The fourth-order valence-electron chi connectivity index (χ4n) is 2.33. The number of carbonyl (C=O) groups excluding carboxylic acids is 1. The molecule has 0 bridgehead atoms. The molecule has 1 fully saturated rings. The molecule has 1 aliphatic rings. The van der Waals surface area contributed by atoms with E-state index in [-0.39, 0.29) is 18.1 Å². The van der Waals surface area contributed by atoms with Crippen LogP contribution in [-0.4, -0.2) is 18.1 Å². The van der Waals surface area contributed by atoms with Crippen LogP contribution < -0.4 is 10.1 Å². The zero-order valence-corrected chi connectivity index (χ0v) is 12.8. The summed E-state index contributed by atoms with van der Waals surface area (Å²) in [6.45, 7) is 2.18. The Kier molecular flexibility index (Phi) is 4.24. The molecule has 3 rings (SSSR count). The van der Waals surface area contributed by atoms with Crippen molar-refractivity contribution in [3.05, 3.63) is 47.4 Å². The molecule has 6 heteroatoms. The first-order valence-electron chi connectivity index (χ1n) is 7.03. The lowest BCUT2D eigenvalue weighted by Crippen LogP contribution is -2.24. The number of hydrogen-bond donors (Lipinski definition) is 1. The highest BCUT2D eigenvalue weighted by molar-refractivity contribution is 6.32. The molecule has 0 aliphatic carbocycles. The van der Waals surface area contributed by atoms with Crippen LogP contribution in [0.25, 0.3) is 0 Å². The lowest BCUT2D eigenvalue weighted by atomic mass is 10.2. The minimum Gasteiger partial charge on any atom is -0.484 e. The number of benzene rings is 1. The minimum absolute atomic E-state index is 0.0589. The van der Waals surface area contributed by atoms with Crippen molar-refractivity contribution in [2.24, 2.45) is 0 Å². The number of anilines is 1. The molecule has 1 aliphatic heterocycles. The second-order valence-corrected chi connectivity index (χ2v) is 5.60. The number of halogens is 1. The van der Waals surface area contributed by atoms with Crippen LogP contribution >= 0.6 is 11.6 Å². The highest BCUT2D eigenvalue weighted by Gasteiger charge is 2.31. The van der Waals surface area contributed by atoms with Crippen molar-refractivity contribution in [2.75, 3.05) is 5.32 Å². The van der Waals surface area contributed by atoms with E-state index >= 15 is 0 Å². The molecule has 0 saturated carbocycles. The molecule has 2 unspecified atom stereocenters. The number of cyclic esters (lactones) is 1. The summed E-state index contributed by atoms with van der Waals surface area (Å²) < 4.78 is 15.9. The Morgan fingerprint density at radius 3 is 2.91 bits per heavy atom. The maximum absolute atomic E-state index is 11.6. The predicted octanol–water partition coefficient (Wildman–Crippen LogP) is 3.63. The van der Waals surface area contributed by atoms with Crippen LogP contribution in [0.1, 0.15) is 19.1 Å². The van der Waals surface area contributed by atoms with Crippen LogP contribution in [0.2, 0.25) is 5.02 Å². The molecule has 2 aromatic rings. The monoisotopic (exact) mass is 321 g/mol. The van der Waals surface area contributed by atoms with E-state index in [9.17, 15) is 4.79 Å². The normalized spacial score (nSPS) is 20.7. The summed E-state index contributed by atoms with van der Waals surface area (Å²) in [5.41, 5.74) is 0.756. The maximum atomic E-state index is 11.6. The third kappa shape index (κ3) is 3.36. The lowest BCUT2D eigenvalue weighted by Gasteiger charge is -2.12. The second kappa shape index (κ2) is 6.32. The molecule has 0 spiro atoms. The zero-order valence-electron chi connectivity index (χ0n) is 12.0. The molecule has 1 aromatic carbocycles. The predicted molar refractivity (Wildman–Crippen MR) is 82.1 cm³/mol. The van der Waals surface area contributed by atoms with Crippen molar-refractivity contribution in [2.45, 2.75) is 32.1 Å². The number of esters is 1. The van der Waals surface area contributed by atoms with Crippen molar-refractivity contribution in [1.82, 2.24) is 0 Å². The topological polar surface area (TPSA) is 60.7 Å². The molecule has 2 heterocycles. The summed E-state index contributed by atoms with van der Waals surface area (Å²) in [4.78, 5) is 11.6. The molecular weight excluding hydrogens is 306 g/mol. The third-order valence-corrected chi connectivity index (χ3v) is 3.69. The standard InChI is InChI=1S/C16H16ClNO4/c1-10-7-14(16(19)22-10)18-11-4-5-15(13(17)8-11)21-9-12-3-2-6-20-12/h2-6,8,10,14,18H,7,9H2,1H3. The summed E-state index contributed by atoms with van der Waals surface area (Å²) in [5.74, 6) is 1.05. The van der Waals surface area contributed by atoms with E-state index < -0.39 is 0 Å². The Morgan fingerprint density at radius 1 is 1.41 bits per heavy atom. The van der Waals surface area contributed by atoms with E-state index in [2.05, 4.69) is 5.32 Å². The first-order chi connectivity index (χ1) is 10.6. The van der Waals surface area contributed by atoms with E-state index in [1.807, 2.05) is 19.1 Å². The molecule has 1 N–H and O–H groups in total. The molecule has 0 amide bonds. The summed E-state index contributed by atoms with van der Waals surface area (Å²) in [6.07, 6.45) is 2.18. The Bertz CT molecular complexity index is 656. The third-order valence-electron chi connectivity index (χ3n) is 3.39. The summed E-state index contributed by atoms with van der Waals surface area (Å²) in [6, 6.07) is 8.61. The van der Waals surface area contributed by atoms with Crippen molar-refractivity contribution in [1.29, 1.82) is 0 Å². The van der Waals surface area contributed by atoms with E-state index in [1.165, 1.54) is 0 Å². The quantitative estimate of drug-likeness (QED) is 0.852. The van der Waals surface area contributed by atoms with Gasteiger partial charge in [0, 0.05) is 12.1 Å². The van der Waals surface area contributed by atoms with Crippen LogP contribution in [0, 0.1) is 0 Å². The smallest absolute Gasteiger partial charge is 0.328 e. The molecule has 116 valence electrons. The molecule has 1 saturated heterocycles. The van der Waals surface area contributed by atoms with Gasteiger partial charge in [-0.15, -0.1) is 0 Å². The molecule has 1 aromatic heterocycles. The maximum Gasteiger partial charge on any atom is 0.328 e. The van der Waals surface area contributed by atoms with Gasteiger partial charge in [-0.25, -0.2) is 4.79 Å². The number of nitrogens with one attached hydrogen (secondary N) is 1. The summed E-state index contributed by atoms with van der Waals surface area (Å²) >= 11 is 6.21. The van der Waals surface area contributed by atoms with E-state index in [4.69, 9.17) is 25.5 Å². The summed E-state index contributed by atoms with van der Waals surface area (Å²) in [5, 5.41) is 3.59. The fourth-order valence-corrected chi connectivity index (χ4v) is 2.56. The van der Waals surface area contributed by atoms with Crippen molar-refractivity contribution >= 4 is 23.3 Å². The average molecular weight is 322 g/mol. The van der Waals surface area contributed by atoms with Crippen LogP contribution in [-0.2, 0) is 16.1 Å². The van der Waals surface area contributed by atoms with Gasteiger partial charge < -0.3 is 19.2 Å². The molecular formula is C16H16ClNO4. The Labute approximate surface area is 133 Å². The van der Waals surface area contributed by atoms with Crippen molar-refractivity contribution in [3.8, 4) is 5.75 Å². The van der Waals surface area contributed by atoms with Gasteiger partial charge in [0.05, 0.1) is 11.3 Å². The van der Waals surface area contributed by atoms with Gasteiger partial charge in [0.15, 0.2) is 0 Å².